The summed E-state index contributed by atoms with van der Waals surface area (Å²) in [7, 11) is 3.56. The summed E-state index contributed by atoms with van der Waals surface area (Å²) in [5.74, 6) is 0.509. The molecule has 3 nitrogen and oxygen atoms in total. The second-order valence-corrected chi connectivity index (χ2v) is 4.17. The lowest BCUT2D eigenvalue weighted by molar-refractivity contribution is -0.129. The third-order valence-electron chi connectivity index (χ3n) is 3.01. The number of allylic oxidation sites excluding steroid dienone is 2. The standard InChI is InChI=1S/C11H16N2O/c1-7-8-5-4-6-9(8)12-10(7)11(14)13(2)3/h6,8,10,12H,1,4-5H2,2-3H3. The Hall–Kier alpha value is -1.25. The first-order valence-electron chi connectivity index (χ1n) is 4.97. The number of hydrogen-bond acceptors (Lipinski definition) is 2. The number of nitrogens with zero attached hydrogens (tertiary/aromatic N) is 1. The van der Waals surface area contributed by atoms with E-state index in [-0.39, 0.29) is 11.9 Å². The quantitative estimate of drug-likeness (QED) is 0.626. The van der Waals surface area contributed by atoms with Gasteiger partial charge in [-0.25, -0.2) is 0 Å². The van der Waals surface area contributed by atoms with Crippen molar-refractivity contribution in [1.29, 1.82) is 0 Å². The molecule has 0 aromatic carbocycles. The van der Waals surface area contributed by atoms with E-state index in [0.717, 1.165) is 18.4 Å². The zero-order valence-corrected chi connectivity index (χ0v) is 8.71. The molecule has 1 heterocycles. The van der Waals surface area contributed by atoms with Crippen molar-refractivity contribution >= 4 is 5.91 Å². The molecule has 1 N–H and O–H groups in total. The largest absolute Gasteiger partial charge is 0.373 e. The van der Waals surface area contributed by atoms with E-state index in [4.69, 9.17) is 0 Å². The molecule has 1 saturated heterocycles. The Balaban J connectivity index is 2.18. The van der Waals surface area contributed by atoms with Crippen LogP contribution in [-0.4, -0.2) is 30.9 Å². The highest BCUT2D eigenvalue weighted by molar-refractivity contribution is 5.86. The van der Waals surface area contributed by atoms with Crippen LogP contribution in [0.3, 0.4) is 0 Å². The molecule has 0 aromatic rings. The molecule has 3 heteroatoms. The molecule has 1 amide bonds. The van der Waals surface area contributed by atoms with Crippen LogP contribution in [0.15, 0.2) is 23.9 Å². The Bertz CT molecular complexity index is 317. The number of carbonyl (C=O) groups excluding carboxylic acids is 1. The molecule has 0 bridgehead atoms. The molecular weight excluding hydrogens is 176 g/mol. The van der Waals surface area contributed by atoms with Gasteiger partial charge in [0, 0.05) is 25.7 Å². The monoisotopic (exact) mass is 192 g/mol. The van der Waals surface area contributed by atoms with Crippen molar-refractivity contribution < 1.29 is 4.79 Å². The molecule has 1 aliphatic heterocycles. The predicted octanol–water partition coefficient (Wildman–Crippen LogP) is 0.897. The van der Waals surface area contributed by atoms with Gasteiger partial charge in [0.05, 0.1) is 0 Å². The first-order chi connectivity index (χ1) is 6.61. The highest BCUT2D eigenvalue weighted by atomic mass is 16.2. The summed E-state index contributed by atoms with van der Waals surface area (Å²) in [4.78, 5) is 13.4. The Labute approximate surface area is 84.5 Å². The summed E-state index contributed by atoms with van der Waals surface area (Å²) < 4.78 is 0. The first-order valence-corrected chi connectivity index (χ1v) is 4.97. The molecular formula is C11H16N2O. The first kappa shape index (κ1) is 9.31. The van der Waals surface area contributed by atoms with Gasteiger partial charge in [0.1, 0.15) is 6.04 Å². The van der Waals surface area contributed by atoms with Crippen LogP contribution in [0.1, 0.15) is 12.8 Å². The second kappa shape index (κ2) is 3.15. The van der Waals surface area contributed by atoms with Crippen LogP contribution in [0.25, 0.3) is 0 Å². The minimum Gasteiger partial charge on any atom is -0.373 e. The lowest BCUT2D eigenvalue weighted by Crippen LogP contribution is -2.40. The van der Waals surface area contributed by atoms with Crippen molar-refractivity contribution in [2.45, 2.75) is 18.9 Å². The Morgan fingerprint density at radius 1 is 1.64 bits per heavy atom. The van der Waals surface area contributed by atoms with Crippen molar-refractivity contribution in [3.63, 3.8) is 0 Å². The molecule has 0 aromatic heterocycles. The van der Waals surface area contributed by atoms with Gasteiger partial charge in [0.25, 0.3) is 0 Å². The second-order valence-electron chi connectivity index (χ2n) is 4.17. The summed E-state index contributed by atoms with van der Waals surface area (Å²) >= 11 is 0. The minimum atomic E-state index is -0.193. The molecule has 2 unspecified atom stereocenters. The topological polar surface area (TPSA) is 32.3 Å². The number of carbonyl (C=O) groups is 1. The van der Waals surface area contributed by atoms with Crippen LogP contribution in [0.5, 0.6) is 0 Å². The van der Waals surface area contributed by atoms with Crippen LogP contribution >= 0.6 is 0 Å². The van der Waals surface area contributed by atoms with Crippen molar-refractivity contribution in [3.05, 3.63) is 23.9 Å². The fourth-order valence-corrected chi connectivity index (χ4v) is 2.19. The molecule has 1 aliphatic carbocycles. The van der Waals surface area contributed by atoms with E-state index in [0.29, 0.717) is 5.92 Å². The normalized spacial score (nSPS) is 29.6. The smallest absolute Gasteiger partial charge is 0.248 e. The fraction of sp³-hybridized carbons (Fsp3) is 0.545. The van der Waals surface area contributed by atoms with E-state index in [1.54, 1.807) is 19.0 Å². The van der Waals surface area contributed by atoms with Crippen molar-refractivity contribution in [2.24, 2.45) is 5.92 Å². The average Bonchev–Trinajstić information content (AvgIpc) is 2.68. The third kappa shape index (κ3) is 1.24. The highest BCUT2D eigenvalue weighted by Crippen LogP contribution is 2.37. The van der Waals surface area contributed by atoms with E-state index in [1.807, 2.05) is 0 Å². The van der Waals surface area contributed by atoms with Gasteiger partial charge in [-0.15, -0.1) is 0 Å². The van der Waals surface area contributed by atoms with Gasteiger partial charge in [0.15, 0.2) is 0 Å². The third-order valence-corrected chi connectivity index (χ3v) is 3.01. The van der Waals surface area contributed by atoms with Crippen molar-refractivity contribution in [2.75, 3.05) is 14.1 Å². The van der Waals surface area contributed by atoms with E-state index in [2.05, 4.69) is 18.0 Å². The molecule has 2 rings (SSSR count). The average molecular weight is 192 g/mol. The van der Waals surface area contributed by atoms with E-state index < -0.39 is 0 Å². The summed E-state index contributed by atoms with van der Waals surface area (Å²) in [6.07, 6.45) is 4.39. The Morgan fingerprint density at radius 2 is 2.36 bits per heavy atom. The number of hydrogen-bond donors (Lipinski definition) is 1. The number of likely N-dealkylation sites (N-methyl/N-ethyl adjacent to an activating group) is 1. The van der Waals surface area contributed by atoms with Crippen molar-refractivity contribution in [1.82, 2.24) is 10.2 Å². The number of rotatable bonds is 1. The Kier molecular flexibility index (Phi) is 2.10. The van der Waals surface area contributed by atoms with Gasteiger partial charge in [-0.05, 0) is 18.4 Å². The molecule has 14 heavy (non-hydrogen) atoms. The molecule has 1 fully saturated rings. The maximum absolute atomic E-state index is 11.8. The molecule has 2 atom stereocenters. The van der Waals surface area contributed by atoms with Gasteiger partial charge in [-0.1, -0.05) is 12.7 Å². The summed E-state index contributed by atoms with van der Waals surface area (Å²) in [5, 5.41) is 3.25. The van der Waals surface area contributed by atoms with E-state index in [1.165, 1.54) is 5.70 Å². The lowest BCUT2D eigenvalue weighted by Gasteiger charge is -2.18. The molecule has 0 saturated carbocycles. The molecule has 2 aliphatic rings. The molecule has 0 spiro atoms. The number of nitrogens with one attached hydrogen (secondary N) is 1. The van der Waals surface area contributed by atoms with Crippen LogP contribution in [0.2, 0.25) is 0 Å². The van der Waals surface area contributed by atoms with Gasteiger partial charge >= 0.3 is 0 Å². The molecule has 0 radical (unpaired) electrons. The van der Waals surface area contributed by atoms with Gasteiger partial charge in [0.2, 0.25) is 5.91 Å². The van der Waals surface area contributed by atoms with Crippen LogP contribution in [0, 0.1) is 5.92 Å². The highest BCUT2D eigenvalue weighted by Gasteiger charge is 2.38. The van der Waals surface area contributed by atoms with Crippen LogP contribution in [-0.2, 0) is 4.79 Å². The van der Waals surface area contributed by atoms with Gasteiger partial charge < -0.3 is 10.2 Å². The summed E-state index contributed by atoms with van der Waals surface area (Å²) in [5.41, 5.74) is 2.24. The Morgan fingerprint density at radius 3 is 2.93 bits per heavy atom. The lowest BCUT2D eigenvalue weighted by atomic mass is 9.97. The van der Waals surface area contributed by atoms with Gasteiger partial charge in [-0.3, -0.25) is 4.79 Å². The van der Waals surface area contributed by atoms with Crippen molar-refractivity contribution in [3.8, 4) is 0 Å². The summed E-state index contributed by atoms with van der Waals surface area (Å²) in [6.45, 7) is 4.03. The number of amides is 1. The maximum atomic E-state index is 11.8. The predicted molar refractivity (Wildman–Crippen MR) is 55.6 cm³/mol. The van der Waals surface area contributed by atoms with Crippen LogP contribution < -0.4 is 5.32 Å². The van der Waals surface area contributed by atoms with E-state index >= 15 is 0 Å². The van der Waals surface area contributed by atoms with Crippen LogP contribution in [0.4, 0.5) is 0 Å². The van der Waals surface area contributed by atoms with E-state index in [9.17, 15) is 4.79 Å². The SMILES string of the molecule is C=C1C2CCC=C2NC1C(=O)N(C)C. The zero-order chi connectivity index (χ0) is 10.3. The summed E-state index contributed by atoms with van der Waals surface area (Å²) in [6, 6.07) is -0.193. The van der Waals surface area contributed by atoms with Gasteiger partial charge in [-0.2, -0.15) is 0 Å². The number of fused-ring (bicyclic) bond motifs is 1. The molecule has 76 valence electrons. The fourth-order valence-electron chi connectivity index (χ4n) is 2.19. The maximum Gasteiger partial charge on any atom is 0.248 e. The minimum absolute atomic E-state index is 0.102. The zero-order valence-electron chi connectivity index (χ0n) is 8.71.